The zero-order chi connectivity index (χ0) is 17.1. The molecule has 0 atom stereocenters. The fourth-order valence-electron chi connectivity index (χ4n) is 2.11. The van der Waals surface area contributed by atoms with Crippen molar-refractivity contribution < 1.29 is 13.6 Å². The predicted molar refractivity (Wildman–Crippen MR) is 87.5 cm³/mol. The Labute approximate surface area is 145 Å². The van der Waals surface area contributed by atoms with Crippen LogP contribution in [-0.4, -0.2) is 26.0 Å². The minimum Gasteiger partial charge on any atom is -0.346 e. The van der Waals surface area contributed by atoms with Crippen LogP contribution in [0.25, 0.3) is 5.65 Å². The van der Waals surface area contributed by atoms with Gasteiger partial charge in [-0.15, -0.1) is 0 Å². The van der Waals surface area contributed by atoms with Gasteiger partial charge in [0.15, 0.2) is 0 Å². The van der Waals surface area contributed by atoms with Crippen LogP contribution in [0, 0.1) is 0 Å². The highest BCUT2D eigenvalue weighted by molar-refractivity contribution is 7.99. The van der Waals surface area contributed by atoms with E-state index in [2.05, 4.69) is 15.3 Å². The number of rotatable bonds is 5. The Bertz CT molecular complexity index is 887. The molecule has 3 aromatic heterocycles. The molecule has 3 heterocycles. The van der Waals surface area contributed by atoms with Gasteiger partial charge in [0, 0.05) is 18.6 Å². The Morgan fingerprint density at radius 1 is 1.33 bits per heavy atom. The number of carbonyl (C=O) groups excluding carboxylic acids is 1. The highest BCUT2D eigenvalue weighted by atomic mass is 35.5. The smallest absolute Gasteiger partial charge is 0.290 e. The minimum absolute atomic E-state index is 0.00761. The molecule has 0 unspecified atom stereocenters. The summed E-state index contributed by atoms with van der Waals surface area (Å²) >= 11 is 6.15. The Morgan fingerprint density at radius 2 is 2.17 bits per heavy atom. The molecule has 0 spiro atoms. The molecule has 24 heavy (non-hydrogen) atoms. The van der Waals surface area contributed by atoms with Gasteiger partial charge in [0.25, 0.3) is 11.7 Å². The molecule has 0 bridgehead atoms. The van der Waals surface area contributed by atoms with E-state index in [1.165, 1.54) is 18.3 Å². The van der Waals surface area contributed by atoms with Gasteiger partial charge < -0.3 is 9.72 Å². The molecule has 1 N–H and O–H groups in total. The molecule has 0 saturated carbocycles. The van der Waals surface area contributed by atoms with Crippen LogP contribution in [0.4, 0.5) is 8.78 Å². The molecule has 1 amide bonds. The van der Waals surface area contributed by atoms with Crippen molar-refractivity contribution >= 4 is 34.9 Å². The molecule has 0 fully saturated rings. The van der Waals surface area contributed by atoms with Crippen LogP contribution in [0.3, 0.4) is 0 Å². The normalized spacial score (nSPS) is 11.2. The van der Waals surface area contributed by atoms with E-state index < -0.39 is 11.7 Å². The number of hydrogen-bond donors (Lipinski definition) is 1. The third-order valence-electron chi connectivity index (χ3n) is 3.11. The van der Waals surface area contributed by atoms with Gasteiger partial charge in [-0.1, -0.05) is 11.6 Å². The first-order chi connectivity index (χ1) is 11.5. The van der Waals surface area contributed by atoms with E-state index in [4.69, 9.17) is 11.6 Å². The number of nitrogens with one attached hydrogen (secondary N) is 1. The quantitative estimate of drug-likeness (QED) is 0.699. The molecular formula is C15H11ClF2N4OS. The van der Waals surface area contributed by atoms with Crippen LogP contribution < -0.4 is 5.32 Å². The number of nitrogens with zero attached hydrogens (tertiary/aromatic N) is 3. The van der Waals surface area contributed by atoms with Crippen molar-refractivity contribution in [1.82, 2.24) is 19.7 Å². The summed E-state index contributed by atoms with van der Waals surface area (Å²) in [5, 5.41) is 3.22. The van der Waals surface area contributed by atoms with Gasteiger partial charge in [-0.05, 0) is 36.0 Å². The lowest BCUT2D eigenvalue weighted by molar-refractivity contribution is 0.0947. The predicted octanol–water partition coefficient (Wildman–Crippen LogP) is 3.63. The Hall–Kier alpha value is -2.19. The number of hydrogen-bond acceptors (Lipinski definition) is 4. The number of pyridine rings is 2. The first kappa shape index (κ1) is 16.7. The van der Waals surface area contributed by atoms with Crippen molar-refractivity contribution in [3.05, 3.63) is 59.1 Å². The van der Waals surface area contributed by atoms with E-state index in [1.807, 2.05) is 0 Å². The lowest BCUT2D eigenvalue weighted by Crippen LogP contribution is -2.24. The maximum atomic E-state index is 12.5. The molecule has 124 valence electrons. The molecule has 3 rings (SSSR count). The summed E-state index contributed by atoms with van der Waals surface area (Å²) in [6.45, 7) is 0.159. The zero-order valence-corrected chi connectivity index (χ0v) is 13.7. The number of amides is 1. The topological polar surface area (TPSA) is 59.3 Å². The zero-order valence-electron chi connectivity index (χ0n) is 12.1. The van der Waals surface area contributed by atoms with Crippen LogP contribution in [0.2, 0.25) is 5.02 Å². The van der Waals surface area contributed by atoms with Crippen LogP contribution in [-0.2, 0) is 6.54 Å². The fourth-order valence-corrected chi connectivity index (χ4v) is 2.86. The average Bonchev–Trinajstić information content (AvgIpc) is 2.94. The van der Waals surface area contributed by atoms with Gasteiger partial charge in [0.2, 0.25) is 0 Å². The van der Waals surface area contributed by atoms with E-state index >= 15 is 0 Å². The van der Waals surface area contributed by atoms with E-state index in [-0.39, 0.29) is 28.9 Å². The summed E-state index contributed by atoms with van der Waals surface area (Å²) in [7, 11) is 0. The molecular weight excluding hydrogens is 358 g/mol. The first-order valence-corrected chi connectivity index (χ1v) is 8.10. The summed E-state index contributed by atoms with van der Waals surface area (Å²) in [4.78, 5) is 20.4. The SMILES string of the molecule is O=C(NCc1cn2cc(Cl)ccc2n1)c1cccnc1SC(F)F. The fraction of sp³-hybridized carbons (Fsp3) is 0.133. The average molecular weight is 369 g/mol. The van der Waals surface area contributed by atoms with Crippen molar-refractivity contribution in [2.24, 2.45) is 0 Å². The van der Waals surface area contributed by atoms with Gasteiger partial charge in [-0.25, -0.2) is 9.97 Å². The number of thioether (sulfide) groups is 1. The van der Waals surface area contributed by atoms with Crippen molar-refractivity contribution in [2.45, 2.75) is 17.3 Å². The van der Waals surface area contributed by atoms with Crippen molar-refractivity contribution in [1.29, 1.82) is 0 Å². The third kappa shape index (κ3) is 3.82. The second kappa shape index (κ2) is 7.14. The molecule has 0 aliphatic rings. The second-order valence-corrected chi connectivity index (χ2v) is 6.18. The second-order valence-electron chi connectivity index (χ2n) is 4.76. The van der Waals surface area contributed by atoms with Gasteiger partial charge in [-0.3, -0.25) is 4.79 Å². The summed E-state index contributed by atoms with van der Waals surface area (Å²) in [6.07, 6.45) is 4.81. The largest absolute Gasteiger partial charge is 0.346 e. The van der Waals surface area contributed by atoms with Crippen LogP contribution in [0.15, 0.2) is 47.9 Å². The van der Waals surface area contributed by atoms with E-state index in [9.17, 15) is 13.6 Å². The maximum absolute atomic E-state index is 12.5. The molecule has 0 aliphatic carbocycles. The number of aromatic nitrogens is 3. The Balaban J connectivity index is 1.73. The summed E-state index contributed by atoms with van der Waals surface area (Å²) < 4.78 is 26.8. The van der Waals surface area contributed by atoms with Crippen LogP contribution in [0.5, 0.6) is 0 Å². The summed E-state index contributed by atoms with van der Waals surface area (Å²) in [5.74, 6) is -3.13. The highest BCUT2D eigenvalue weighted by Gasteiger charge is 2.16. The molecule has 0 saturated heterocycles. The minimum atomic E-state index is -2.64. The number of fused-ring (bicyclic) bond motifs is 1. The first-order valence-electron chi connectivity index (χ1n) is 6.84. The molecule has 0 radical (unpaired) electrons. The Morgan fingerprint density at radius 3 is 2.96 bits per heavy atom. The lowest BCUT2D eigenvalue weighted by Gasteiger charge is -2.07. The number of alkyl halides is 2. The Kier molecular flexibility index (Phi) is 4.96. The van der Waals surface area contributed by atoms with Gasteiger partial charge in [-0.2, -0.15) is 8.78 Å². The van der Waals surface area contributed by atoms with Crippen LogP contribution >= 0.6 is 23.4 Å². The molecule has 3 aromatic rings. The molecule has 9 heteroatoms. The van der Waals surface area contributed by atoms with Gasteiger partial charge in [0.1, 0.15) is 10.7 Å². The maximum Gasteiger partial charge on any atom is 0.290 e. The highest BCUT2D eigenvalue weighted by Crippen LogP contribution is 2.26. The van der Waals surface area contributed by atoms with Gasteiger partial charge in [0.05, 0.1) is 22.8 Å². The van der Waals surface area contributed by atoms with Crippen molar-refractivity contribution in [3.8, 4) is 0 Å². The lowest BCUT2D eigenvalue weighted by atomic mass is 10.2. The molecule has 0 aromatic carbocycles. The van der Waals surface area contributed by atoms with Gasteiger partial charge >= 0.3 is 0 Å². The third-order valence-corrected chi connectivity index (χ3v) is 4.06. The van der Waals surface area contributed by atoms with Crippen molar-refractivity contribution in [3.63, 3.8) is 0 Å². The summed E-state index contributed by atoms with van der Waals surface area (Å²) in [6, 6.07) is 6.45. The standard InChI is InChI=1S/C15H11ClF2N4OS/c16-9-3-4-12-21-10(8-22(12)7-9)6-20-13(23)11-2-1-5-19-14(11)24-15(17)18/h1-5,7-8,15H,6H2,(H,20,23). The monoisotopic (exact) mass is 368 g/mol. The number of carbonyl (C=O) groups is 1. The van der Waals surface area contributed by atoms with E-state index in [1.54, 1.807) is 28.9 Å². The number of halogens is 3. The molecule has 0 aliphatic heterocycles. The number of imidazole rings is 1. The van der Waals surface area contributed by atoms with Crippen molar-refractivity contribution in [2.75, 3.05) is 0 Å². The van der Waals surface area contributed by atoms with E-state index in [0.29, 0.717) is 16.4 Å². The van der Waals surface area contributed by atoms with E-state index in [0.717, 1.165) is 0 Å². The van der Waals surface area contributed by atoms with Crippen LogP contribution in [0.1, 0.15) is 16.1 Å². The summed E-state index contributed by atoms with van der Waals surface area (Å²) in [5.41, 5.74) is 1.42. The molecule has 5 nitrogen and oxygen atoms in total.